The van der Waals surface area contributed by atoms with Crippen molar-refractivity contribution in [3.63, 3.8) is 0 Å². The van der Waals surface area contributed by atoms with Crippen LogP contribution in [0.5, 0.6) is 0 Å². The maximum Gasteiger partial charge on any atom is 0.274 e. The maximum absolute atomic E-state index is 13.4. The maximum atomic E-state index is 13.4. The highest BCUT2D eigenvalue weighted by Crippen LogP contribution is 2.44. The van der Waals surface area contributed by atoms with E-state index in [9.17, 15) is 35.2 Å². The number of carbonyl (C=O) groups excluding carboxylic acids is 1. The number of ketones is 1. The van der Waals surface area contributed by atoms with Crippen molar-refractivity contribution in [2.45, 2.75) is 58.2 Å². The Bertz CT molecular complexity index is 1190. The highest BCUT2D eigenvalue weighted by atomic mass is 16.6. The van der Waals surface area contributed by atoms with Crippen molar-refractivity contribution >= 4 is 22.9 Å². The molecule has 0 aromatic heterocycles. The number of aliphatic hydroxyl groups excluding tert-OH is 2. The predicted octanol–water partition coefficient (Wildman–Crippen LogP) is 5.01. The lowest BCUT2D eigenvalue weighted by Crippen LogP contribution is -2.37. The second-order valence-electron chi connectivity index (χ2n) is 9.66. The molecular weight excluding hydrogens is 504 g/mol. The second-order valence-corrected chi connectivity index (χ2v) is 9.66. The monoisotopic (exact) mass is 540 g/mol. The molecule has 1 heterocycles. The van der Waals surface area contributed by atoms with E-state index in [1.54, 1.807) is 6.07 Å². The smallest absolute Gasteiger partial charge is 0.274 e. The van der Waals surface area contributed by atoms with Gasteiger partial charge >= 0.3 is 0 Å². The molecule has 11 nitrogen and oxygen atoms in total. The van der Waals surface area contributed by atoms with Crippen LogP contribution in [0.25, 0.3) is 5.76 Å². The Morgan fingerprint density at radius 1 is 0.923 bits per heavy atom. The SMILES string of the molecule is CCCCN(CCCC)CCCN1[C@@H](c2ccccc2[N+](=O)[O-])C(=C(O)c2ccc([N+](=O)[O-])cc2)C(=O)[C@@H]1O. The van der Waals surface area contributed by atoms with Gasteiger partial charge in [-0.1, -0.05) is 44.9 Å². The number of nitro groups is 2. The van der Waals surface area contributed by atoms with E-state index in [0.717, 1.165) is 45.3 Å². The summed E-state index contributed by atoms with van der Waals surface area (Å²) >= 11 is 0. The number of Topliss-reactive ketones (excluding diaryl/α,β-unsaturated/α-hetero) is 1. The van der Waals surface area contributed by atoms with E-state index < -0.39 is 33.7 Å². The molecule has 1 aliphatic rings. The van der Waals surface area contributed by atoms with Crippen LogP contribution >= 0.6 is 0 Å². The highest BCUT2D eigenvalue weighted by Gasteiger charge is 2.48. The molecule has 3 rings (SSSR count). The zero-order valence-electron chi connectivity index (χ0n) is 22.4. The Morgan fingerprint density at radius 2 is 1.51 bits per heavy atom. The molecule has 0 unspecified atom stereocenters. The number of likely N-dealkylation sites (tertiary alicyclic amines) is 1. The molecule has 0 bridgehead atoms. The molecule has 1 aliphatic heterocycles. The molecule has 2 aromatic rings. The zero-order chi connectivity index (χ0) is 28.5. The molecule has 0 amide bonds. The molecule has 11 heteroatoms. The first kappa shape index (κ1) is 29.9. The predicted molar refractivity (Wildman–Crippen MR) is 147 cm³/mol. The summed E-state index contributed by atoms with van der Waals surface area (Å²) in [5, 5.41) is 45.1. The number of nitro benzene ring substituents is 2. The lowest BCUT2D eigenvalue weighted by atomic mass is 9.94. The number of para-hydroxylation sites is 1. The van der Waals surface area contributed by atoms with Crippen LogP contribution in [-0.4, -0.2) is 68.0 Å². The van der Waals surface area contributed by atoms with Crippen molar-refractivity contribution in [2.24, 2.45) is 0 Å². The van der Waals surface area contributed by atoms with Crippen LogP contribution in [-0.2, 0) is 4.79 Å². The van der Waals surface area contributed by atoms with E-state index in [0.29, 0.717) is 6.42 Å². The minimum Gasteiger partial charge on any atom is -0.507 e. The van der Waals surface area contributed by atoms with E-state index in [4.69, 9.17) is 0 Å². The third-order valence-corrected chi connectivity index (χ3v) is 7.00. The Labute approximate surface area is 227 Å². The van der Waals surface area contributed by atoms with E-state index in [-0.39, 0.29) is 34.6 Å². The number of carbonyl (C=O) groups is 1. The van der Waals surface area contributed by atoms with Gasteiger partial charge in [0.05, 0.1) is 27.0 Å². The van der Waals surface area contributed by atoms with Gasteiger partial charge in [-0.15, -0.1) is 0 Å². The summed E-state index contributed by atoms with van der Waals surface area (Å²) in [5.74, 6) is -1.24. The van der Waals surface area contributed by atoms with Crippen molar-refractivity contribution in [1.82, 2.24) is 9.80 Å². The minimum absolute atomic E-state index is 0.131. The summed E-state index contributed by atoms with van der Waals surface area (Å²) in [5.41, 5.74) is -0.311. The molecule has 2 N–H and O–H groups in total. The second kappa shape index (κ2) is 13.9. The number of non-ortho nitro benzene ring substituents is 1. The lowest BCUT2D eigenvalue weighted by Gasteiger charge is -2.28. The van der Waals surface area contributed by atoms with Gasteiger partial charge in [0.15, 0.2) is 6.23 Å². The van der Waals surface area contributed by atoms with Crippen LogP contribution in [0.1, 0.15) is 63.1 Å². The van der Waals surface area contributed by atoms with Crippen molar-refractivity contribution in [3.05, 3.63) is 85.5 Å². The van der Waals surface area contributed by atoms with Gasteiger partial charge in [0.1, 0.15) is 5.76 Å². The zero-order valence-corrected chi connectivity index (χ0v) is 22.4. The largest absolute Gasteiger partial charge is 0.507 e. The van der Waals surface area contributed by atoms with Gasteiger partial charge in [-0.2, -0.15) is 0 Å². The average molecular weight is 541 g/mol. The fraction of sp³-hybridized carbons (Fsp3) is 0.464. The topological polar surface area (TPSA) is 150 Å². The van der Waals surface area contributed by atoms with Gasteiger partial charge in [0.25, 0.3) is 11.4 Å². The van der Waals surface area contributed by atoms with Gasteiger partial charge in [0.2, 0.25) is 5.78 Å². The molecular formula is C28H36N4O7. The first-order valence-electron chi connectivity index (χ1n) is 13.3. The van der Waals surface area contributed by atoms with Crippen LogP contribution in [0.2, 0.25) is 0 Å². The third-order valence-electron chi connectivity index (χ3n) is 7.00. The fourth-order valence-corrected chi connectivity index (χ4v) is 4.92. The standard InChI is InChI=1S/C28H36N4O7/c1-3-5-16-29(17-6-4-2)18-9-19-30-25(22-10-7-8-11-23(22)32(38)39)24(27(34)28(30)35)26(33)20-12-14-21(15-13-20)31(36)37/h7-8,10-15,25,28,33,35H,3-6,9,16-19H2,1-2H3/t25-,28-/m0/s1. The van der Waals surface area contributed by atoms with Gasteiger partial charge in [-0.05, 0) is 51.0 Å². The number of nitrogens with zero attached hydrogens (tertiary/aromatic N) is 4. The van der Waals surface area contributed by atoms with Crippen LogP contribution in [0.3, 0.4) is 0 Å². The van der Waals surface area contributed by atoms with Crippen LogP contribution in [0.4, 0.5) is 11.4 Å². The Morgan fingerprint density at radius 3 is 2.08 bits per heavy atom. The molecule has 1 fully saturated rings. The summed E-state index contributed by atoms with van der Waals surface area (Å²) in [6, 6.07) is 9.87. The summed E-state index contributed by atoms with van der Waals surface area (Å²) in [4.78, 5) is 39.0. The fourth-order valence-electron chi connectivity index (χ4n) is 4.92. The Kier molecular flexibility index (Phi) is 10.7. The van der Waals surface area contributed by atoms with Crippen LogP contribution in [0, 0.1) is 20.2 Å². The molecule has 210 valence electrons. The summed E-state index contributed by atoms with van der Waals surface area (Å²) < 4.78 is 0. The molecule has 2 aromatic carbocycles. The number of aliphatic hydroxyl groups is 2. The van der Waals surface area contributed by atoms with E-state index >= 15 is 0 Å². The van der Waals surface area contributed by atoms with Crippen molar-refractivity contribution < 1.29 is 24.9 Å². The molecule has 0 spiro atoms. The number of benzene rings is 2. The molecule has 2 atom stereocenters. The molecule has 39 heavy (non-hydrogen) atoms. The molecule has 0 aliphatic carbocycles. The first-order valence-corrected chi connectivity index (χ1v) is 13.3. The molecule has 0 radical (unpaired) electrons. The Hall–Kier alpha value is -3.67. The molecule has 1 saturated heterocycles. The Balaban J connectivity index is 2.01. The number of hydrogen-bond donors (Lipinski definition) is 2. The first-order chi connectivity index (χ1) is 18.7. The van der Waals surface area contributed by atoms with Gasteiger partial charge < -0.3 is 15.1 Å². The van der Waals surface area contributed by atoms with Crippen molar-refractivity contribution in [2.75, 3.05) is 26.2 Å². The average Bonchev–Trinajstić information content (AvgIpc) is 3.18. The summed E-state index contributed by atoms with van der Waals surface area (Å²) in [6.45, 7) is 7.14. The normalized spacial score (nSPS) is 19.0. The van der Waals surface area contributed by atoms with Crippen molar-refractivity contribution in [1.29, 1.82) is 0 Å². The number of hydrogen-bond acceptors (Lipinski definition) is 9. The number of rotatable bonds is 14. The quantitative estimate of drug-likeness (QED) is 0.146. The lowest BCUT2D eigenvalue weighted by molar-refractivity contribution is -0.385. The summed E-state index contributed by atoms with van der Waals surface area (Å²) in [7, 11) is 0. The van der Waals surface area contributed by atoms with Crippen LogP contribution < -0.4 is 0 Å². The highest BCUT2D eigenvalue weighted by molar-refractivity contribution is 6.07. The van der Waals surface area contributed by atoms with Gasteiger partial charge in [-0.3, -0.25) is 29.9 Å². The van der Waals surface area contributed by atoms with Crippen LogP contribution in [0.15, 0.2) is 54.1 Å². The van der Waals surface area contributed by atoms with E-state index in [1.165, 1.54) is 47.4 Å². The van der Waals surface area contributed by atoms with Gasteiger partial charge in [-0.25, -0.2) is 0 Å². The third kappa shape index (κ3) is 7.05. The molecule has 0 saturated carbocycles. The summed E-state index contributed by atoms with van der Waals surface area (Å²) in [6.07, 6.45) is 3.24. The van der Waals surface area contributed by atoms with Crippen molar-refractivity contribution in [3.8, 4) is 0 Å². The van der Waals surface area contributed by atoms with Gasteiger partial charge in [0, 0.05) is 30.3 Å². The number of unbranched alkanes of at least 4 members (excludes halogenated alkanes) is 2. The van der Waals surface area contributed by atoms with E-state index in [1.807, 2.05) is 0 Å². The van der Waals surface area contributed by atoms with E-state index in [2.05, 4.69) is 18.7 Å². The minimum atomic E-state index is -1.61.